The second-order valence-electron chi connectivity index (χ2n) is 7.94. The SMILES string of the molecule is C1CCCN2CCC[C@@H]2COCCCCOC[C@H]2CCCN2CC1. The molecule has 3 fully saturated rings. The molecule has 0 spiro atoms. The van der Waals surface area contributed by atoms with Gasteiger partial charge < -0.3 is 9.47 Å². The van der Waals surface area contributed by atoms with Gasteiger partial charge in [-0.25, -0.2) is 0 Å². The standard InChI is InChI=1S/C20H38N2O2/c1-2-4-12-22-14-8-10-20(22)18-24-16-6-5-15-23-17-19-9-7-13-21(19)11-3-1/h19-20H,1-18H2/t19-,20-/m1/s1. The molecule has 0 amide bonds. The molecule has 140 valence electrons. The Hall–Kier alpha value is -0.160. The summed E-state index contributed by atoms with van der Waals surface area (Å²) in [5.41, 5.74) is 0. The lowest BCUT2D eigenvalue weighted by Gasteiger charge is -2.25. The molecule has 3 saturated heterocycles. The van der Waals surface area contributed by atoms with Gasteiger partial charge in [0.2, 0.25) is 0 Å². The average Bonchev–Trinajstić information content (AvgIpc) is 3.22. The van der Waals surface area contributed by atoms with Gasteiger partial charge in [0.25, 0.3) is 0 Å². The predicted molar refractivity (Wildman–Crippen MR) is 98.5 cm³/mol. The molecule has 0 bridgehead atoms. The quantitative estimate of drug-likeness (QED) is 0.676. The third kappa shape index (κ3) is 5.98. The first-order valence-corrected chi connectivity index (χ1v) is 10.6. The molecule has 0 aliphatic carbocycles. The number of ether oxygens (including phenoxy) is 2. The number of fused-ring (bicyclic) bond motifs is 2. The molecular weight excluding hydrogens is 300 g/mol. The Morgan fingerprint density at radius 3 is 1.46 bits per heavy atom. The highest BCUT2D eigenvalue weighted by atomic mass is 16.5. The van der Waals surface area contributed by atoms with E-state index in [1.54, 1.807) is 0 Å². The molecule has 3 aliphatic rings. The molecule has 0 saturated carbocycles. The van der Waals surface area contributed by atoms with Crippen molar-refractivity contribution in [2.75, 3.05) is 52.6 Å². The maximum absolute atomic E-state index is 5.96. The summed E-state index contributed by atoms with van der Waals surface area (Å²) in [6.07, 6.45) is 13.2. The second-order valence-corrected chi connectivity index (χ2v) is 7.94. The lowest BCUT2D eigenvalue weighted by Crippen LogP contribution is -2.34. The fourth-order valence-electron chi connectivity index (χ4n) is 4.59. The first kappa shape index (κ1) is 18.6. The lowest BCUT2D eigenvalue weighted by atomic mass is 10.1. The Morgan fingerprint density at radius 2 is 0.958 bits per heavy atom. The summed E-state index contributed by atoms with van der Waals surface area (Å²) < 4.78 is 11.9. The third-order valence-electron chi connectivity index (χ3n) is 6.09. The van der Waals surface area contributed by atoms with Gasteiger partial charge in [-0.05, 0) is 77.5 Å². The van der Waals surface area contributed by atoms with Crippen LogP contribution < -0.4 is 0 Å². The van der Waals surface area contributed by atoms with Crippen LogP contribution in [0.2, 0.25) is 0 Å². The summed E-state index contributed by atoms with van der Waals surface area (Å²) in [5, 5.41) is 0. The van der Waals surface area contributed by atoms with E-state index in [9.17, 15) is 0 Å². The van der Waals surface area contributed by atoms with Crippen molar-refractivity contribution in [2.24, 2.45) is 0 Å². The van der Waals surface area contributed by atoms with E-state index in [2.05, 4.69) is 9.80 Å². The van der Waals surface area contributed by atoms with E-state index < -0.39 is 0 Å². The van der Waals surface area contributed by atoms with Gasteiger partial charge in [-0.1, -0.05) is 12.8 Å². The topological polar surface area (TPSA) is 24.9 Å². The summed E-state index contributed by atoms with van der Waals surface area (Å²) in [6.45, 7) is 8.85. The maximum atomic E-state index is 5.96. The molecule has 4 nitrogen and oxygen atoms in total. The van der Waals surface area contributed by atoms with Crippen LogP contribution in [0.3, 0.4) is 0 Å². The highest BCUT2D eigenvalue weighted by Gasteiger charge is 2.25. The molecule has 0 unspecified atom stereocenters. The van der Waals surface area contributed by atoms with Gasteiger partial charge in [0.15, 0.2) is 0 Å². The molecule has 0 radical (unpaired) electrons. The molecule has 0 aromatic carbocycles. The molecule has 3 aliphatic heterocycles. The van der Waals surface area contributed by atoms with Crippen LogP contribution in [0.25, 0.3) is 0 Å². The summed E-state index contributed by atoms with van der Waals surface area (Å²) >= 11 is 0. The molecule has 2 atom stereocenters. The van der Waals surface area contributed by atoms with Crippen LogP contribution in [0.1, 0.15) is 64.2 Å². The maximum Gasteiger partial charge on any atom is 0.0621 e. The predicted octanol–water partition coefficient (Wildman–Crippen LogP) is 3.30. The van der Waals surface area contributed by atoms with Crippen LogP contribution in [0.5, 0.6) is 0 Å². The van der Waals surface area contributed by atoms with E-state index in [1.807, 2.05) is 0 Å². The molecule has 4 heteroatoms. The highest BCUT2D eigenvalue weighted by molar-refractivity contribution is 4.80. The monoisotopic (exact) mass is 338 g/mol. The van der Waals surface area contributed by atoms with Crippen molar-refractivity contribution in [2.45, 2.75) is 76.3 Å². The fraction of sp³-hybridized carbons (Fsp3) is 1.00. The summed E-state index contributed by atoms with van der Waals surface area (Å²) in [7, 11) is 0. The van der Waals surface area contributed by atoms with Gasteiger partial charge in [-0.15, -0.1) is 0 Å². The molecule has 0 aromatic rings. The van der Waals surface area contributed by atoms with E-state index in [4.69, 9.17) is 9.47 Å². The molecule has 3 heterocycles. The van der Waals surface area contributed by atoms with Crippen LogP contribution in [-0.4, -0.2) is 74.5 Å². The zero-order valence-corrected chi connectivity index (χ0v) is 15.6. The van der Waals surface area contributed by atoms with Gasteiger partial charge >= 0.3 is 0 Å². The van der Waals surface area contributed by atoms with Gasteiger partial charge in [0.05, 0.1) is 13.2 Å². The number of hydrogen-bond acceptors (Lipinski definition) is 4. The van der Waals surface area contributed by atoms with E-state index in [1.165, 1.54) is 77.5 Å². The summed E-state index contributed by atoms with van der Waals surface area (Å²) in [4.78, 5) is 5.37. The van der Waals surface area contributed by atoms with Crippen LogP contribution in [0, 0.1) is 0 Å². The number of nitrogens with zero attached hydrogens (tertiary/aromatic N) is 2. The Kier molecular flexibility index (Phi) is 8.34. The molecule has 0 N–H and O–H groups in total. The Morgan fingerprint density at radius 1 is 0.500 bits per heavy atom. The van der Waals surface area contributed by atoms with Crippen molar-refractivity contribution in [1.29, 1.82) is 0 Å². The van der Waals surface area contributed by atoms with Gasteiger partial charge in [-0.3, -0.25) is 9.80 Å². The Balaban J connectivity index is 1.42. The third-order valence-corrected chi connectivity index (χ3v) is 6.09. The Bertz CT molecular complexity index is 308. The Labute approximate surface area is 148 Å². The van der Waals surface area contributed by atoms with Crippen molar-refractivity contribution in [3.8, 4) is 0 Å². The van der Waals surface area contributed by atoms with Crippen LogP contribution in [-0.2, 0) is 9.47 Å². The van der Waals surface area contributed by atoms with E-state index in [0.29, 0.717) is 12.1 Å². The first-order chi connectivity index (χ1) is 11.9. The van der Waals surface area contributed by atoms with Crippen LogP contribution in [0.15, 0.2) is 0 Å². The molecule has 24 heavy (non-hydrogen) atoms. The van der Waals surface area contributed by atoms with Crippen molar-refractivity contribution < 1.29 is 9.47 Å². The summed E-state index contributed by atoms with van der Waals surface area (Å²) in [5.74, 6) is 0. The minimum atomic E-state index is 0.686. The smallest absolute Gasteiger partial charge is 0.0621 e. The van der Waals surface area contributed by atoms with Crippen molar-refractivity contribution in [1.82, 2.24) is 9.80 Å². The van der Waals surface area contributed by atoms with Gasteiger partial charge in [-0.2, -0.15) is 0 Å². The van der Waals surface area contributed by atoms with Crippen molar-refractivity contribution in [3.63, 3.8) is 0 Å². The minimum Gasteiger partial charge on any atom is -0.380 e. The first-order valence-electron chi connectivity index (χ1n) is 10.6. The van der Waals surface area contributed by atoms with Crippen LogP contribution >= 0.6 is 0 Å². The van der Waals surface area contributed by atoms with Gasteiger partial charge in [0, 0.05) is 25.3 Å². The summed E-state index contributed by atoms with van der Waals surface area (Å²) in [6, 6.07) is 1.37. The largest absolute Gasteiger partial charge is 0.380 e. The highest BCUT2D eigenvalue weighted by Crippen LogP contribution is 2.20. The van der Waals surface area contributed by atoms with Crippen molar-refractivity contribution >= 4 is 0 Å². The molecular formula is C20H38N2O2. The second kappa shape index (κ2) is 10.7. The fourth-order valence-corrected chi connectivity index (χ4v) is 4.59. The van der Waals surface area contributed by atoms with E-state index >= 15 is 0 Å². The van der Waals surface area contributed by atoms with Crippen LogP contribution in [0.4, 0.5) is 0 Å². The zero-order valence-electron chi connectivity index (χ0n) is 15.6. The van der Waals surface area contributed by atoms with E-state index in [0.717, 1.165) is 39.3 Å². The minimum absolute atomic E-state index is 0.686. The molecule has 3 rings (SSSR count). The normalized spacial score (nSPS) is 33.5. The number of rotatable bonds is 0. The number of hydrogen-bond donors (Lipinski definition) is 0. The average molecular weight is 339 g/mol. The van der Waals surface area contributed by atoms with Gasteiger partial charge in [0.1, 0.15) is 0 Å². The molecule has 0 aromatic heterocycles. The zero-order chi connectivity index (χ0) is 16.5. The lowest BCUT2D eigenvalue weighted by molar-refractivity contribution is 0.0545. The van der Waals surface area contributed by atoms with Crippen molar-refractivity contribution in [3.05, 3.63) is 0 Å². The van der Waals surface area contributed by atoms with E-state index in [-0.39, 0.29) is 0 Å².